The third-order valence-electron chi connectivity index (χ3n) is 2.85. The Morgan fingerprint density at radius 2 is 2.27 bits per heavy atom. The summed E-state index contributed by atoms with van der Waals surface area (Å²) >= 11 is 7.52. The summed E-state index contributed by atoms with van der Waals surface area (Å²) in [6, 6.07) is 0. The number of imidazole rings is 1. The number of aromatic nitrogens is 3. The largest absolute Gasteiger partial charge is 0.377 e. The number of amides is 1. The Kier molecular flexibility index (Phi) is 6.13. The first-order chi connectivity index (χ1) is 10.5. The number of ether oxygens (including phenoxy) is 1. The van der Waals surface area contributed by atoms with Crippen LogP contribution in [0.4, 0.5) is 0 Å². The van der Waals surface area contributed by atoms with Gasteiger partial charge in [0, 0.05) is 7.11 Å². The first kappa shape index (κ1) is 17.1. The molecule has 0 saturated heterocycles. The van der Waals surface area contributed by atoms with E-state index in [1.54, 1.807) is 11.6 Å². The predicted octanol–water partition coefficient (Wildman–Crippen LogP) is 1.45. The second kappa shape index (κ2) is 7.87. The highest BCUT2D eigenvalue weighted by molar-refractivity contribution is 7.16. The Morgan fingerprint density at radius 3 is 2.95 bits per heavy atom. The average Bonchev–Trinajstić information content (AvgIpc) is 2.93. The predicted molar refractivity (Wildman–Crippen MR) is 86.1 cm³/mol. The lowest BCUT2D eigenvalue weighted by Gasteiger charge is -2.08. The van der Waals surface area contributed by atoms with Crippen molar-refractivity contribution in [1.82, 2.24) is 25.2 Å². The van der Waals surface area contributed by atoms with E-state index in [4.69, 9.17) is 16.3 Å². The zero-order valence-electron chi connectivity index (χ0n) is 12.9. The Bertz CT molecular complexity index is 640. The first-order valence-electron chi connectivity index (χ1n) is 7.00. The van der Waals surface area contributed by atoms with Crippen LogP contribution in [-0.2, 0) is 22.7 Å². The molecule has 0 unspecified atom stereocenters. The highest BCUT2D eigenvalue weighted by Crippen LogP contribution is 2.22. The van der Waals surface area contributed by atoms with Crippen LogP contribution >= 0.6 is 22.9 Å². The van der Waals surface area contributed by atoms with Gasteiger partial charge in [-0.2, -0.15) is 5.10 Å². The lowest BCUT2D eigenvalue weighted by atomic mass is 10.2. The minimum atomic E-state index is -0.0842. The van der Waals surface area contributed by atoms with E-state index in [-0.39, 0.29) is 12.5 Å². The lowest BCUT2D eigenvalue weighted by molar-refractivity contribution is -0.120. The van der Waals surface area contributed by atoms with Crippen molar-refractivity contribution in [1.29, 1.82) is 0 Å². The fraction of sp³-hybridized carbons (Fsp3) is 0.615. The van der Waals surface area contributed by atoms with E-state index < -0.39 is 0 Å². The molecule has 0 saturated carbocycles. The van der Waals surface area contributed by atoms with Crippen LogP contribution in [0, 0.1) is 5.92 Å². The van der Waals surface area contributed by atoms with E-state index in [9.17, 15) is 4.79 Å². The standard InChI is InChI=1S/C13H20ClN5O2S/c1-8(2)4-15-6-10(20)16-5-9-12(14)17-13-19(9)18-11(22-13)7-21-3/h8,15H,4-7H2,1-3H3,(H,16,20). The van der Waals surface area contributed by atoms with E-state index in [1.807, 2.05) is 0 Å². The lowest BCUT2D eigenvalue weighted by Crippen LogP contribution is -2.35. The molecule has 2 aromatic heterocycles. The molecule has 0 radical (unpaired) electrons. The highest BCUT2D eigenvalue weighted by atomic mass is 35.5. The molecule has 2 rings (SSSR count). The second-order valence-electron chi connectivity index (χ2n) is 5.27. The summed E-state index contributed by atoms with van der Waals surface area (Å²) in [5.74, 6) is 0.421. The van der Waals surface area contributed by atoms with Gasteiger partial charge in [-0.15, -0.1) is 0 Å². The summed E-state index contributed by atoms with van der Waals surface area (Å²) in [5, 5.41) is 11.5. The molecule has 0 aromatic carbocycles. The number of hydrogen-bond acceptors (Lipinski definition) is 6. The maximum Gasteiger partial charge on any atom is 0.234 e. The van der Waals surface area contributed by atoms with Crippen LogP contribution in [0.3, 0.4) is 0 Å². The fourth-order valence-corrected chi connectivity index (χ4v) is 3.02. The van der Waals surface area contributed by atoms with Crippen molar-refractivity contribution < 1.29 is 9.53 Å². The maximum atomic E-state index is 11.8. The van der Waals surface area contributed by atoms with Gasteiger partial charge in [-0.1, -0.05) is 36.8 Å². The molecule has 0 aliphatic heterocycles. The molecule has 22 heavy (non-hydrogen) atoms. The van der Waals surface area contributed by atoms with Gasteiger partial charge >= 0.3 is 0 Å². The molecule has 2 aromatic rings. The Balaban J connectivity index is 1.95. The van der Waals surface area contributed by atoms with Crippen molar-refractivity contribution >= 4 is 33.8 Å². The molecule has 9 heteroatoms. The molecule has 122 valence electrons. The summed E-state index contributed by atoms with van der Waals surface area (Å²) in [5.41, 5.74) is 0.674. The van der Waals surface area contributed by atoms with E-state index in [1.165, 1.54) is 11.3 Å². The molecule has 0 bridgehead atoms. The Hall–Kier alpha value is -1.22. The monoisotopic (exact) mass is 345 g/mol. The van der Waals surface area contributed by atoms with Gasteiger partial charge in [0.2, 0.25) is 10.9 Å². The van der Waals surface area contributed by atoms with Crippen molar-refractivity contribution in [3.63, 3.8) is 0 Å². The van der Waals surface area contributed by atoms with E-state index in [2.05, 4.69) is 34.6 Å². The third-order valence-corrected chi connectivity index (χ3v) is 4.03. The number of fused-ring (bicyclic) bond motifs is 1. The summed E-state index contributed by atoms with van der Waals surface area (Å²) in [7, 11) is 1.61. The average molecular weight is 346 g/mol. The van der Waals surface area contributed by atoms with Gasteiger partial charge < -0.3 is 15.4 Å². The maximum absolute atomic E-state index is 11.8. The molecular formula is C13H20ClN5O2S. The van der Waals surface area contributed by atoms with Crippen molar-refractivity contribution in [3.05, 3.63) is 15.9 Å². The SMILES string of the molecule is COCc1nn2c(CNC(=O)CNCC(C)C)c(Cl)nc2s1. The smallest absolute Gasteiger partial charge is 0.234 e. The summed E-state index contributed by atoms with van der Waals surface area (Å²) in [6.07, 6.45) is 0. The van der Waals surface area contributed by atoms with Crippen LogP contribution in [0.15, 0.2) is 0 Å². The quantitative estimate of drug-likeness (QED) is 0.757. The fourth-order valence-electron chi connectivity index (χ4n) is 1.85. The number of hydrogen-bond donors (Lipinski definition) is 2. The molecule has 7 nitrogen and oxygen atoms in total. The van der Waals surface area contributed by atoms with Gasteiger partial charge in [0.05, 0.1) is 19.7 Å². The highest BCUT2D eigenvalue weighted by Gasteiger charge is 2.15. The van der Waals surface area contributed by atoms with Gasteiger partial charge in [0.25, 0.3) is 0 Å². The summed E-state index contributed by atoms with van der Waals surface area (Å²) in [4.78, 5) is 16.7. The minimum absolute atomic E-state index is 0.0842. The minimum Gasteiger partial charge on any atom is -0.377 e. The number of halogens is 1. The molecule has 0 spiro atoms. The van der Waals surface area contributed by atoms with Gasteiger partial charge in [-0.05, 0) is 12.5 Å². The summed E-state index contributed by atoms with van der Waals surface area (Å²) < 4.78 is 6.71. The topological polar surface area (TPSA) is 80.5 Å². The molecule has 2 N–H and O–H groups in total. The zero-order chi connectivity index (χ0) is 16.1. The molecule has 1 amide bonds. The molecule has 0 aliphatic carbocycles. The number of rotatable bonds is 8. The normalized spacial score (nSPS) is 11.5. The first-order valence-corrected chi connectivity index (χ1v) is 8.20. The van der Waals surface area contributed by atoms with Crippen molar-refractivity contribution in [2.75, 3.05) is 20.2 Å². The number of carbonyl (C=O) groups excluding carboxylic acids is 1. The van der Waals surface area contributed by atoms with Crippen LogP contribution < -0.4 is 10.6 Å². The van der Waals surface area contributed by atoms with E-state index in [0.29, 0.717) is 34.9 Å². The van der Waals surface area contributed by atoms with Crippen molar-refractivity contribution in [2.24, 2.45) is 5.92 Å². The third kappa shape index (κ3) is 4.39. The van der Waals surface area contributed by atoms with Crippen LogP contribution in [0.1, 0.15) is 24.5 Å². The molecule has 0 atom stereocenters. The number of nitrogens with zero attached hydrogens (tertiary/aromatic N) is 3. The second-order valence-corrected chi connectivity index (χ2v) is 6.67. The number of methoxy groups -OCH3 is 1. The van der Waals surface area contributed by atoms with Crippen LogP contribution in [0.2, 0.25) is 5.15 Å². The Labute approximate surface area is 138 Å². The Morgan fingerprint density at radius 1 is 1.50 bits per heavy atom. The molecule has 2 heterocycles. The van der Waals surface area contributed by atoms with Gasteiger partial charge in [0.15, 0.2) is 5.15 Å². The number of carbonyl (C=O) groups is 1. The van der Waals surface area contributed by atoms with Crippen LogP contribution in [-0.4, -0.2) is 40.7 Å². The molecule has 0 aliphatic rings. The summed E-state index contributed by atoms with van der Waals surface area (Å²) in [6.45, 7) is 5.98. The van der Waals surface area contributed by atoms with E-state index >= 15 is 0 Å². The van der Waals surface area contributed by atoms with Gasteiger partial charge in [-0.3, -0.25) is 4.79 Å². The molecule has 0 fully saturated rings. The van der Waals surface area contributed by atoms with Crippen molar-refractivity contribution in [2.45, 2.75) is 27.0 Å². The zero-order valence-corrected chi connectivity index (χ0v) is 14.4. The van der Waals surface area contributed by atoms with Crippen molar-refractivity contribution in [3.8, 4) is 0 Å². The van der Waals surface area contributed by atoms with Crippen LogP contribution in [0.5, 0.6) is 0 Å². The van der Waals surface area contributed by atoms with Crippen LogP contribution in [0.25, 0.3) is 4.96 Å². The van der Waals surface area contributed by atoms with E-state index in [0.717, 1.165) is 11.6 Å². The van der Waals surface area contributed by atoms with Gasteiger partial charge in [0.1, 0.15) is 10.7 Å². The molecular weight excluding hydrogens is 326 g/mol. The van der Waals surface area contributed by atoms with Gasteiger partial charge in [-0.25, -0.2) is 9.50 Å². The number of nitrogens with one attached hydrogen (secondary N) is 2.